The standard InChI is InChI=1S/C18H18F3NO/c1-2-16(23)22-10-9-17(12-22)8-7-14(11-17)13-3-5-15(6-4-13)18(19,20)21/h2-6,11H,1,7-10,12H2. The molecule has 1 saturated heterocycles. The van der Waals surface area contributed by atoms with Crippen LogP contribution in [0.3, 0.4) is 0 Å². The summed E-state index contributed by atoms with van der Waals surface area (Å²) in [6.07, 6.45) is 1.85. The van der Waals surface area contributed by atoms with Gasteiger partial charge in [-0.1, -0.05) is 24.8 Å². The highest BCUT2D eigenvalue weighted by Crippen LogP contribution is 2.46. The number of halogens is 3. The highest BCUT2D eigenvalue weighted by atomic mass is 19.4. The number of allylic oxidation sites excluding steroid dienone is 1. The maximum absolute atomic E-state index is 12.6. The lowest BCUT2D eigenvalue weighted by molar-refractivity contribution is -0.137. The van der Waals surface area contributed by atoms with Crippen LogP contribution in [0.5, 0.6) is 0 Å². The Kier molecular flexibility index (Phi) is 3.82. The minimum absolute atomic E-state index is 0.0310. The number of carbonyl (C=O) groups is 1. The fourth-order valence-electron chi connectivity index (χ4n) is 3.53. The largest absolute Gasteiger partial charge is 0.416 e. The third kappa shape index (κ3) is 3.05. The SMILES string of the molecule is C=CC(=O)N1CCC2(C=C(c3ccc(C(F)(F)F)cc3)CC2)C1. The van der Waals surface area contributed by atoms with Crippen molar-refractivity contribution in [2.24, 2.45) is 5.41 Å². The average Bonchev–Trinajstić information content (AvgIpc) is 3.14. The fraction of sp³-hybridized carbons (Fsp3) is 0.389. The van der Waals surface area contributed by atoms with Crippen LogP contribution < -0.4 is 0 Å². The number of amides is 1. The summed E-state index contributed by atoms with van der Waals surface area (Å²) in [5.41, 5.74) is 1.25. The lowest BCUT2D eigenvalue weighted by Crippen LogP contribution is -2.29. The van der Waals surface area contributed by atoms with E-state index in [0.29, 0.717) is 13.1 Å². The molecule has 3 rings (SSSR count). The second-order valence-electron chi connectivity index (χ2n) is 6.32. The van der Waals surface area contributed by atoms with Crippen LogP contribution in [0.15, 0.2) is 43.0 Å². The van der Waals surface area contributed by atoms with Crippen molar-refractivity contribution in [3.63, 3.8) is 0 Å². The molecular weight excluding hydrogens is 303 g/mol. The molecule has 1 spiro atoms. The smallest absolute Gasteiger partial charge is 0.338 e. The zero-order valence-corrected chi connectivity index (χ0v) is 12.7. The third-order valence-electron chi connectivity index (χ3n) is 4.83. The molecule has 23 heavy (non-hydrogen) atoms. The second kappa shape index (κ2) is 5.55. The maximum Gasteiger partial charge on any atom is 0.416 e. The molecular formula is C18H18F3NO. The molecule has 1 amide bonds. The lowest BCUT2D eigenvalue weighted by atomic mass is 9.87. The Labute approximate surface area is 133 Å². The summed E-state index contributed by atoms with van der Waals surface area (Å²) in [7, 11) is 0. The minimum Gasteiger partial charge on any atom is -0.338 e. The summed E-state index contributed by atoms with van der Waals surface area (Å²) >= 11 is 0. The predicted octanol–water partition coefficient (Wildman–Crippen LogP) is 4.29. The van der Waals surface area contributed by atoms with Gasteiger partial charge in [-0.3, -0.25) is 4.79 Å². The van der Waals surface area contributed by atoms with E-state index in [4.69, 9.17) is 0 Å². The van der Waals surface area contributed by atoms with Gasteiger partial charge in [0, 0.05) is 18.5 Å². The van der Waals surface area contributed by atoms with E-state index >= 15 is 0 Å². The van der Waals surface area contributed by atoms with Crippen molar-refractivity contribution in [3.05, 3.63) is 54.1 Å². The topological polar surface area (TPSA) is 20.3 Å². The average molecular weight is 321 g/mol. The Balaban J connectivity index is 1.78. The molecule has 0 radical (unpaired) electrons. The van der Waals surface area contributed by atoms with Gasteiger partial charge in [0.2, 0.25) is 5.91 Å². The molecule has 2 nitrogen and oxygen atoms in total. The van der Waals surface area contributed by atoms with Crippen LogP contribution in [0.4, 0.5) is 13.2 Å². The summed E-state index contributed by atoms with van der Waals surface area (Å²) < 4.78 is 37.9. The zero-order chi connectivity index (χ0) is 16.7. The Morgan fingerprint density at radius 3 is 2.52 bits per heavy atom. The first-order valence-electron chi connectivity index (χ1n) is 7.64. The quantitative estimate of drug-likeness (QED) is 0.744. The van der Waals surface area contributed by atoms with E-state index in [0.717, 1.165) is 42.5 Å². The summed E-state index contributed by atoms with van der Waals surface area (Å²) in [6, 6.07) is 5.33. The molecule has 122 valence electrons. The summed E-state index contributed by atoms with van der Waals surface area (Å²) in [5.74, 6) is -0.0572. The monoisotopic (exact) mass is 321 g/mol. The highest BCUT2D eigenvalue weighted by Gasteiger charge is 2.40. The van der Waals surface area contributed by atoms with E-state index in [2.05, 4.69) is 12.7 Å². The summed E-state index contributed by atoms with van der Waals surface area (Å²) in [4.78, 5) is 13.5. The highest BCUT2D eigenvalue weighted by molar-refractivity contribution is 5.87. The number of nitrogens with zero attached hydrogens (tertiary/aromatic N) is 1. The van der Waals surface area contributed by atoms with Gasteiger partial charge < -0.3 is 4.90 Å². The van der Waals surface area contributed by atoms with Crippen LogP contribution in [0.25, 0.3) is 5.57 Å². The zero-order valence-electron chi connectivity index (χ0n) is 12.7. The predicted molar refractivity (Wildman–Crippen MR) is 82.5 cm³/mol. The van der Waals surface area contributed by atoms with Crippen molar-refractivity contribution in [1.82, 2.24) is 4.90 Å². The molecule has 1 heterocycles. The van der Waals surface area contributed by atoms with E-state index in [-0.39, 0.29) is 11.3 Å². The van der Waals surface area contributed by atoms with E-state index in [1.807, 2.05) is 0 Å². The van der Waals surface area contributed by atoms with Crippen molar-refractivity contribution in [2.75, 3.05) is 13.1 Å². The van der Waals surface area contributed by atoms with Gasteiger partial charge in [0.25, 0.3) is 0 Å². The Morgan fingerprint density at radius 1 is 1.22 bits per heavy atom. The first-order valence-corrected chi connectivity index (χ1v) is 7.64. The molecule has 2 aliphatic rings. The summed E-state index contributed by atoms with van der Waals surface area (Å²) in [6.45, 7) is 4.89. The summed E-state index contributed by atoms with van der Waals surface area (Å²) in [5, 5.41) is 0. The van der Waals surface area contributed by atoms with Gasteiger partial charge in [0.15, 0.2) is 0 Å². The number of carbonyl (C=O) groups excluding carboxylic acids is 1. The number of rotatable bonds is 2. The fourth-order valence-corrected chi connectivity index (χ4v) is 3.53. The molecule has 1 aliphatic heterocycles. The third-order valence-corrected chi connectivity index (χ3v) is 4.83. The van der Waals surface area contributed by atoms with Crippen molar-refractivity contribution in [3.8, 4) is 0 Å². The minimum atomic E-state index is -4.30. The molecule has 0 N–H and O–H groups in total. The molecule has 0 aromatic heterocycles. The molecule has 1 unspecified atom stereocenters. The molecule has 1 aromatic rings. The molecule has 0 saturated carbocycles. The van der Waals surface area contributed by atoms with Crippen molar-refractivity contribution in [2.45, 2.75) is 25.4 Å². The number of likely N-dealkylation sites (tertiary alicyclic amines) is 1. The van der Waals surface area contributed by atoms with Gasteiger partial charge in [-0.15, -0.1) is 0 Å². The number of benzene rings is 1. The first kappa shape index (κ1) is 15.8. The van der Waals surface area contributed by atoms with Gasteiger partial charge in [-0.05, 0) is 48.6 Å². The van der Waals surface area contributed by atoms with Gasteiger partial charge in [-0.25, -0.2) is 0 Å². The van der Waals surface area contributed by atoms with Crippen molar-refractivity contribution in [1.29, 1.82) is 0 Å². The van der Waals surface area contributed by atoms with Crippen molar-refractivity contribution < 1.29 is 18.0 Å². The van der Waals surface area contributed by atoms with E-state index in [9.17, 15) is 18.0 Å². The van der Waals surface area contributed by atoms with Crippen LogP contribution in [-0.4, -0.2) is 23.9 Å². The lowest BCUT2D eigenvalue weighted by Gasteiger charge is -2.21. The second-order valence-corrected chi connectivity index (χ2v) is 6.32. The van der Waals surface area contributed by atoms with Crippen LogP contribution in [0.1, 0.15) is 30.4 Å². The Bertz CT molecular complexity index is 660. The number of hydrogen-bond acceptors (Lipinski definition) is 1. The molecule has 5 heteroatoms. The normalized spacial score (nSPS) is 24.1. The Morgan fingerprint density at radius 2 is 1.91 bits per heavy atom. The van der Waals surface area contributed by atoms with Crippen LogP contribution in [-0.2, 0) is 11.0 Å². The van der Waals surface area contributed by atoms with E-state index in [1.54, 1.807) is 4.90 Å². The number of hydrogen-bond donors (Lipinski definition) is 0. The van der Waals surface area contributed by atoms with Gasteiger partial charge >= 0.3 is 6.18 Å². The van der Waals surface area contributed by atoms with Crippen molar-refractivity contribution >= 4 is 11.5 Å². The first-order chi connectivity index (χ1) is 10.8. The van der Waals surface area contributed by atoms with Crippen LogP contribution >= 0.6 is 0 Å². The molecule has 1 fully saturated rings. The van der Waals surface area contributed by atoms with Crippen LogP contribution in [0, 0.1) is 5.41 Å². The molecule has 0 bridgehead atoms. The molecule has 1 aromatic carbocycles. The number of alkyl halides is 3. The molecule has 1 aliphatic carbocycles. The van der Waals surface area contributed by atoms with Gasteiger partial charge in [-0.2, -0.15) is 13.2 Å². The maximum atomic E-state index is 12.6. The van der Waals surface area contributed by atoms with Gasteiger partial charge in [0.1, 0.15) is 0 Å². The van der Waals surface area contributed by atoms with E-state index < -0.39 is 11.7 Å². The van der Waals surface area contributed by atoms with E-state index in [1.165, 1.54) is 18.2 Å². The van der Waals surface area contributed by atoms with Crippen LogP contribution in [0.2, 0.25) is 0 Å². The Hall–Kier alpha value is -2.04. The molecule has 1 atom stereocenters. The van der Waals surface area contributed by atoms with Gasteiger partial charge in [0.05, 0.1) is 5.56 Å².